The second-order valence-corrected chi connectivity index (χ2v) is 5.99. The molecule has 1 saturated heterocycles. The van der Waals surface area contributed by atoms with Gasteiger partial charge < -0.3 is 4.90 Å². The molecule has 2 nitrogen and oxygen atoms in total. The summed E-state index contributed by atoms with van der Waals surface area (Å²) in [7, 11) is 0. The first-order chi connectivity index (χ1) is 8.08. The number of amides is 1. The highest BCUT2D eigenvalue weighted by Crippen LogP contribution is 2.24. The molecule has 0 aliphatic carbocycles. The van der Waals surface area contributed by atoms with Crippen molar-refractivity contribution in [2.45, 2.75) is 20.3 Å². The monoisotopic (exact) mass is 295 g/mol. The molecule has 2 atom stereocenters. The van der Waals surface area contributed by atoms with Gasteiger partial charge in [-0.15, -0.1) is 0 Å². The molecule has 1 fully saturated rings. The van der Waals surface area contributed by atoms with Crippen LogP contribution in [0.4, 0.5) is 0 Å². The van der Waals surface area contributed by atoms with Crippen LogP contribution in [-0.4, -0.2) is 23.9 Å². The first-order valence-corrected chi connectivity index (χ1v) is 6.91. The summed E-state index contributed by atoms with van der Waals surface area (Å²) in [5.74, 6) is 1.35. The average Bonchev–Trinajstić information content (AvgIpc) is 2.27. The summed E-state index contributed by atoms with van der Waals surface area (Å²) in [5.41, 5.74) is 0.772. The number of carbonyl (C=O) groups is 1. The first-order valence-electron chi connectivity index (χ1n) is 6.11. The van der Waals surface area contributed by atoms with Crippen molar-refractivity contribution in [1.29, 1.82) is 0 Å². The van der Waals surface area contributed by atoms with Crippen LogP contribution in [-0.2, 0) is 0 Å². The van der Waals surface area contributed by atoms with Gasteiger partial charge in [0, 0.05) is 17.6 Å². The Morgan fingerprint density at radius 2 is 1.82 bits per heavy atom. The Kier molecular flexibility index (Phi) is 3.87. The fourth-order valence-corrected chi connectivity index (χ4v) is 3.09. The van der Waals surface area contributed by atoms with Gasteiger partial charge in [0.25, 0.3) is 5.91 Å². The Labute approximate surface area is 111 Å². The van der Waals surface area contributed by atoms with Gasteiger partial charge in [-0.25, -0.2) is 0 Å². The third-order valence-corrected chi connectivity index (χ3v) is 3.95. The number of hydrogen-bond acceptors (Lipinski definition) is 1. The lowest BCUT2D eigenvalue weighted by Gasteiger charge is -2.35. The molecule has 17 heavy (non-hydrogen) atoms. The number of nitrogens with zero attached hydrogens (tertiary/aromatic N) is 1. The minimum Gasteiger partial charge on any atom is -0.338 e. The molecule has 0 saturated carbocycles. The maximum absolute atomic E-state index is 12.4. The second-order valence-electron chi connectivity index (χ2n) is 5.14. The molecule has 1 aliphatic rings. The van der Waals surface area contributed by atoms with E-state index in [9.17, 15) is 4.79 Å². The number of halogens is 1. The van der Waals surface area contributed by atoms with Gasteiger partial charge in [0.15, 0.2) is 0 Å². The van der Waals surface area contributed by atoms with Crippen molar-refractivity contribution in [3.63, 3.8) is 0 Å². The molecule has 1 amide bonds. The van der Waals surface area contributed by atoms with Crippen molar-refractivity contribution >= 4 is 21.8 Å². The summed E-state index contributed by atoms with van der Waals surface area (Å²) in [6, 6.07) is 7.65. The van der Waals surface area contributed by atoms with Crippen molar-refractivity contribution in [3.8, 4) is 0 Å². The fourth-order valence-electron chi connectivity index (χ4n) is 2.63. The van der Waals surface area contributed by atoms with E-state index in [1.165, 1.54) is 6.42 Å². The van der Waals surface area contributed by atoms with Crippen LogP contribution < -0.4 is 0 Å². The highest BCUT2D eigenvalue weighted by molar-refractivity contribution is 9.10. The zero-order valence-corrected chi connectivity index (χ0v) is 11.9. The van der Waals surface area contributed by atoms with E-state index in [4.69, 9.17) is 0 Å². The molecule has 0 radical (unpaired) electrons. The molecular weight excluding hydrogens is 278 g/mol. The van der Waals surface area contributed by atoms with Crippen LogP contribution >= 0.6 is 15.9 Å². The molecule has 3 heteroatoms. The predicted molar refractivity (Wildman–Crippen MR) is 73.0 cm³/mol. The molecule has 0 unspecified atom stereocenters. The molecule has 92 valence electrons. The van der Waals surface area contributed by atoms with Crippen molar-refractivity contribution in [3.05, 3.63) is 34.3 Å². The smallest absolute Gasteiger partial charge is 0.255 e. The van der Waals surface area contributed by atoms with Gasteiger partial charge >= 0.3 is 0 Å². The Morgan fingerprint density at radius 3 is 2.41 bits per heavy atom. The van der Waals surface area contributed by atoms with Crippen molar-refractivity contribution < 1.29 is 4.79 Å². The summed E-state index contributed by atoms with van der Waals surface area (Å²) >= 11 is 3.45. The van der Waals surface area contributed by atoms with E-state index >= 15 is 0 Å². The lowest BCUT2D eigenvalue weighted by Crippen LogP contribution is -2.42. The van der Waals surface area contributed by atoms with Gasteiger partial charge in [0.05, 0.1) is 5.56 Å². The molecule has 0 aromatic heterocycles. The van der Waals surface area contributed by atoms with Gasteiger partial charge in [-0.3, -0.25) is 4.79 Å². The van der Waals surface area contributed by atoms with E-state index in [1.54, 1.807) is 0 Å². The number of hydrogen-bond donors (Lipinski definition) is 0. The van der Waals surface area contributed by atoms with Crippen molar-refractivity contribution in [2.24, 2.45) is 11.8 Å². The van der Waals surface area contributed by atoms with Crippen LogP contribution in [0.25, 0.3) is 0 Å². The molecule has 0 N–H and O–H groups in total. The maximum Gasteiger partial charge on any atom is 0.255 e. The van der Waals surface area contributed by atoms with Gasteiger partial charge in [-0.2, -0.15) is 0 Å². The minimum atomic E-state index is 0.149. The van der Waals surface area contributed by atoms with Gasteiger partial charge in [-0.05, 0) is 46.3 Å². The van der Waals surface area contributed by atoms with Gasteiger partial charge in [0.2, 0.25) is 0 Å². The summed E-state index contributed by atoms with van der Waals surface area (Å²) in [6.45, 7) is 6.20. The molecule has 2 rings (SSSR count). The highest BCUT2D eigenvalue weighted by Gasteiger charge is 2.26. The minimum absolute atomic E-state index is 0.149. The van der Waals surface area contributed by atoms with E-state index in [1.807, 2.05) is 29.2 Å². The van der Waals surface area contributed by atoms with Gasteiger partial charge in [-0.1, -0.05) is 26.0 Å². The summed E-state index contributed by atoms with van der Waals surface area (Å²) in [4.78, 5) is 14.4. The molecular formula is C14H18BrNO. The number of piperidine rings is 1. The second kappa shape index (κ2) is 5.21. The summed E-state index contributed by atoms with van der Waals surface area (Å²) in [5, 5.41) is 0. The van der Waals surface area contributed by atoms with Crippen LogP contribution in [0.2, 0.25) is 0 Å². The number of carbonyl (C=O) groups excluding carboxylic acids is 1. The van der Waals surface area contributed by atoms with Crippen molar-refractivity contribution in [1.82, 2.24) is 4.90 Å². The van der Waals surface area contributed by atoms with Gasteiger partial charge in [0.1, 0.15) is 0 Å². The molecule has 1 aromatic carbocycles. The molecule has 1 heterocycles. The van der Waals surface area contributed by atoms with E-state index < -0.39 is 0 Å². The molecule has 0 spiro atoms. The molecule has 0 bridgehead atoms. The average molecular weight is 296 g/mol. The first kappa shape index (κ1) is 12.6. The summed E-state index contributed by atoms with van der Waals surface area (Å²) in [6.07, 6.45) is 1.22. The van der Waals surface area contributed by atoms with E-state index in [0.717, 1.165) is 23.1 Å². The zero-order chi connectivity index (χ0) is 12.4. The quantitative estimate of drug-likeness (QED) is 0.776. The largest absolute Gasteiger partial charge is 0.338 e. The zero-order valence-electron chi connectivity index (χ0n) is 10.3. The molecule has 1 aliphatic heterocycles. The van der Waals surface area contributed by atoms with Crippen LogP contribution in [0.1, 0.15) is 30.6 Å². The van der Waals surface area contributed by atoms with Crippen LogP contribution in [0.5, 0.6) is 0 Å². The Morgan fingerprint density at radius 1 is 1.24 bits per heavy atom. The van der Waals surface area contributed by atoms with Crippen molar-refractivity contribution in [2.75, 3.05) is 13.1 Å². The normalized spacial score (nSPS) is 24.8. The molecule has 1 aromatic rings. The van der Waals surface area contributed by atoms with E-state index in [0.29, 0.717) is 11.8 Å². The standard InChI is InChI=1S/C14H18BrNO/c1-10-7-11(2)9-16(8-10)14(17)12-5-3-4-6-13(12)15/h3-6,10-11H,7-9H2,1-2H3/t10-,11-/m0/s1. The van der Waals surface area contributed by atoms with Crippen LogP contribution in [0, 0.1) is 11.8 Å². The maximum atomic E-state index is 12.4. The third-order valence-electron chi connectivity index (χ3n) is 3.26. The highest BCUT2D eigenvalue weighted by atomic mass is 79.9. The Hall–Kier alpha value is -0.830. The SMILES string of the molecule is C[C@H]1C[C@H](C)CN(C(=O)c2ccccc2Br)C1. The number of likely N-dealkylation sites (tertiary alicyclic amines) is 1. The lowest BCUT2D eigenvalue weighted by molar-refractivity contribution is 0.0622. The van der Waals surface area contributed by atoms with Crippen LogP contribution in [0.15, 0.2) is 28.7 Å². The number of benzene rings is 1. The predicted octanol–water partition coefficient (Wildman–Crippen LogP) is 3.57. The summed E-state index contributed by atoms with van der Waals surface area (Å²) < 4.78 is 0.885. The van der Waals surface area contributed by atoms with Crippen LogP contribution in [0.3, 0.4) is 0 Å². The topological polar surface area (TPSA) is 20.3 Å². The Balaban J connectivity index is 2.17. The fraction of sp³-hybridized carbons (Fsp3) is 0.500. The lowest BCUT2D eigenvalue weighted by atomic mass is 9.91. The van der Waals surface area contributed by atoms with E-state index in [2.05, 4.69) is 29.8 Å². The third kappa shape index (κ3) is 2.89. The number of rotatable bonds is 1. The Bertz CT molecular complexity index is 408. The van der Waals surface area contributed by atoms with E-state index in [-0.39, 0.29) is 5.91 Å².